The monoisotopic (exact) mass is 517 g/mol. The van der Waals surface area contributed by atoms with Crippen molar-refractivity contribution in [3.63, 3.8) is 0 Å². The number of ether oxygens (including phenoxy) is 1. The summed E-state index contributed by atoms with van der Waals surface area (Å²) in [5.41, 5.74) is 5.91. The molecule has 12 heteroatoms. The van der Waals surface area contributed by atoms with E-state index in [1.54, 1.807) is 43.0 Å². The number of fused-ring (bicyclic) bond motifs is 1. The van der Waals surface area contributed by atoms with E-state index in [1.807, 2.05) is 24.3 Å². The van der Waals surface area contributed by atoms with Gasteiger partial charge in [-0.25, -0.2) is 14.3 Å². The highest BCUT2D eigenvalue weighted by Crippen LogP contribution is 2.28. The quantitative estimate of drug-likeness (QED) is 0.379. The number of carboxylic acid groups (broad SMARTS) is 1. The molecule has 2 aromatic heterocycles. The summed E-state index contributed by atoms with van der Waals surface area (Å²) in [7, 11) is 0. The average molecular weight is 518 g/mol. The fourth-order valence-electron chi connectivity index (χ4n) is 4.60. The fraction of sp³-hybridized carbons (Fsp3) is 0.308. The third-order valence-electron chi connectivity index (χ3n) is 6.66. The molecule has 0 saturated carbocycles. The highest BCUT2D eigenvalue weighted by Gasteiger charge is 2.33. The zero-order chi connectivity index (χ0) is 27.0. The van der Waals surface area contributed by atoms with E-state index in [0.29, 0.717) is 48.1 Å². The van der Waals surface area contributed by atoms with E-state index < -0.39 is 17.8 Å². The van der Waals surface area contributed by atoms with Crippen molar-refractivity contribution < 1.29 is 19.4 Å². The van der Waals surface area contributed by atoms with Crippen LogP contribution in [0.25, 0.3) is 22.0 Å². The van der Waals surface area contributed by atoms with Crippen LogP contribution in [0.3, 0.4) is 0 Å². The Labute approximate surface area is 217 Å². The molecule has 38 heavy (non-hydrogen) atoms. The van der Waals surface area contributed by atoms with Crippen molar-refractivity contribution in [2.75, 3.05) is 18.8 Å². The number of nitrogens with zero attached hydrogens (tertiary/aromatic N) is 6. The summed E-state index contributed by atoms with van der Waals surface area (Å²) in [6, 6.07) is 14.3. The van der Waals surface area contributed by atoms with Gasteiger partial charge in [-0.1, -0.05) is 35.5 Å². The molecule has 5 rings (SSSR count). The number of benzene rings is 2. The van der Waals surface area contributed by atoms with E-state index in [2.05, 4.69) is 15.4 Å². The normalized spacial score (nSPS) is 14.5. The minimum atomic E-state index is -1.39. The second-order valence-corrected chi connectivity index (χ2v) is 9.66. The van der Waals surface area contributed by atoms with Gasteiger partial charge in [0.1, 0.15) is 0 Å². The maximum absolute atomic E-state index is 13.4. The van der Waals surface area contributed by atoms with Crippen molar-refractivity contribution in [2.24, 2.45) is 0 Å². The maximum atomic E-state index is 13.4. The number of nitrogens with two attached hydrogens (primary N) is 1. The van der Waals surface area contributed by atoms with Gasteiger partial charge in [-0.05, 0) is 44.9 Å². The number of piperidine rings is 1. The van der Waals surface area contributed by atoms with Crippen molar-refractivity contribution in [1.29, 1.82) is 0 Å². The van der Waals surface area contributed by atoms with E-state index in [9.17, 15) is 14.4 Å². The molecule has 1 aliphatic heterocycles. The topological polar surface area (TPSA) is 158 Å². The Kier molecular flexibility index (Phi) is 6.31. The Hall–Kier alpha value is -4.74. The minimum absolute atomic E-state index is 0.0834. The van der Waals surface area contributed by atoms with Crippen LogP contribution in [0.15, 0.2) is 59.5 Å². The maximum Gasteiger partial charge on any atom is 0.411 e. The van der Waals surface area contributed by atoms with Crippen molar-refractivity contribution in [3.05, 3.63) is 70.8 Å². The number of aromatic nitrogens is 5. The van der Waals surface area contributed by atoms with Gasteiger partial charge in [-0.15, -0.1) is 5.10 Å². The van der Waals surface area contributed by atoms with Gasteiger partial charge in [-0.3, -0.25) is 4.79 Å². The summed E-state index contributed by atoms with van der Waals surface area (Å²) in [6.45, 7) is 3.99. The van der Waals surface area contributed by atoms with Crippen LogP contribution < -0.4 is 11.3 Å². The summed E-state index contributed by atoms with van der Waals surface area (Å²) < 4.78 is 8.56. The highest BCUT2D eigenvalue weighted by atomic mass is 16.6. The first-order valence-electron chi connectivity index (χ1n) is 12.2. The summed E-state index contributed by atoms with van der Waals surface area (Å²) >= 11 is 0. The molecule has 1 amide bonds. The third-order valence-corrected chi connectivity index (χ3v) is 6.66. The number of likely N-dealkylation sites (tertiary alicyclic amines) is 1. The molecule has 4 aromatic rings. The van der Waals surface area contributed by atoms with Crippen LogP contribution in [0.1, 0.15) is 43.2 Å². The first-order valence-corrected chi connectivity index (χ1v) is 12.2. The van der Waals surface area contributed by atoms with Crippen LogP contribution in [-0.4, -0.2) is 59.9 Å². The smallest absolute Gasteiger partial charge is 0.411 e. The van der Waals surface area contributed by atoms with E-state index >= 15 is 0 Å². The van der Waals surface area contributed by atoms with Crippen molar-refractivity contribution in [1.82, 2.24) is 29.7 Å². The van der Waals surface area contributed by atoms with Gasteiger partial charge in [0.2, 0.25) is 5.72 Å². The van der Waals surface area contributed by atoms with Crippen LogP contribution in [0, 0.1) is 0 Å². The first kappa shape index (κ1) is 24.9. The Morgan fingerprint density at radius 1 is 1.05 bits per heavy atom. The van der Waals surface area contributed by atoms with Crippen LogP contribution in [-0.2, 0) is 10.5 Å². The molecule has 0 aliphatic carbocycles. The van der Waals surface area contributed by atoms with Gasteiger partial charge >= 0.3 is 12.1 Å². The predicted octanol–water partition coefficient (Wildman–Crippen LogP) is 3.10. The molecule has 1 fully saturated rings. The van der Waals surface area contributed by atoms with Gasteiger partial charge in [0.25, 0.3) is 5.56 Å². The van der Waals surface area contributed by atoms with Crippen LogP contribution in [0.4, 0.5) is 10.5 Å². The Balaban J connectivity index is 1.37. The lowest BCUT2D eigenvalue weighted by atomic mass is 10.0. The second kappa shape index (κ2) is 9.61. The van der Waals surface area contributed by atoms with Gasteiger partial charge in [0.05, 0.1) is 23.3 Å². The average Bonchev–Trinajstić information content (AvgIpc) is 3.40. The molecule has 0 unspecified atom stereocenters. The molecular formula is C26H27N7O5. The number of carbonyl (C=O) groups is 2. The summed E-state index contributed by atoms with van der Waals surface area (Å²) in [5.74, 6) is -1.14. The standard InChI is InChI=1S/C26H27N7O5/c1-26(2,38-25(37)31-13-11-18(12-14-31)32-15-21(24(35)36)28-30-32)33-23(34)20-6-4-3-5-19(20)22(29-33)16-7-9-17(27)10-8-16/h3-10,15,18H,11-14,27H2,1-2H3,(H,35,36). The lowest BCUT2D eigenvalue weighted by Crippen LogP contribution is -2.47. The molecule has 3 heterocycles. The Bertz CT molecular complexity index is 1570. The van der Waals surface area contributed by atoms with E-state index in [4.69, 9.17) is 15.6 Å². The number of rotatable bonds is 5. The molecule has 1 saturated heterocycles. The number of hydrogen-bond donors (Lipinski definition) is 2. The van der Waals surface area contributed by atoms with E-state index in [-0.39, 0.29) is 17.3 Å². The first-order chi connectivity index (χ1) is 18.1. The van der Waals surface area contributed by atoms with Gasteiger partial charge in [0.15, 0.2) is 5.69 Å². The summed E-state index contributed by atoms with van der Waals surface area (Å²) in [6.07, 6.45) is 1.91. The number of carbonyl (C=O) groups excluding carboxylic acids is 1. The zero-order valence-electron chi connectivity index (χ0n) is 20.9. The number of aromatic carboxylic acids is 1. The lowest BCUT2D eigenvalue weighted by molar-refractivity contribution is -0.0521. The zero-order valence-corrected chi connectivity index (χ0v) is 20.9. The predicted molar refractivity (Wildman–Crippen MR) is 138 cm³/mol. The second-order valence-electron chi connectivity index (χ2n) is 9.66. The molecule has 2 aromatic carbocycles. The molecule has 0 bridgehead atoms. The van der Waals surface area contributed by atoms with E-state index in [1.165, 1.54) is 15.6 Å². The summed E-state index contributed by atoms with van der Waals surface area (Å²) in [4.78, 5) is 39.2. The summed E-state index contributed by atoms with van der Waals surface area (Å²) in [5, 5.41) is 22.4. The van der Waals surface area contributed by atoms with Gasteiger partial charge in [0, 0.05) is 29.7 Å². The molecule has 196 valence electrons. The van der Waals surface area contributed by atoms with Crippen molar-refractivity contribution >= 4 is 28.5 Å². The number of nitrogen functional groups attached to an aromatic ring is 1. The molecule has 0 radical (unpaired) electrons. The van der Waals surface area contributed by atoms with E-state index in [0.717, 1.165) is 5.56 Å². The molecule has 0 spiro atoms. The molecule has 3 N–H and O–H groups in total. The number of carboxylic acids is 1. The third kappa shape index (κ3) is 4.67. The largest absolute Gasteiger partial charge is 0.476 e. The van der Waals surface area contributed by atoms with Crippen LogP contribution in [0.2, 0.25) is 0 Å². The number of amides is 1. The Morgan fingerprint density at radius 3 is 2.34 bits per heavy atom. The van der Waals surface area contributed by atoms with Gasteiger partial charge in [-0.2, -0.15) is 9.78 Å². The van der Waals surface area contributed by atoms with Crippen LogP contribution >= 0.6 is 0 Å². The number of hydrogen-bond acceptors (Lipinski definition) is 8. The van der Waals surface area contributed by atoms with Crippen molar-refractivity contribution in [3.8, 4) is 11.3 Å². The molecule has 1 aliphatic rings. The molecule has 12 nitrogen and oxygen atoms in total. The highest BCUT2D eigenvalue weighted by molar-refractivity contribution is 5.93. The SMILES string of the molecule is CC(C)(OC(=O)N1CCC(n2cc(C(=O)O)nn2)CC1)n1nc(-c2ccc(N)cc2)c2ccccc2c1=O. The van der Waals surface area contributed by atoms with Crippen LogP contribution in [0.5, 0.6) is 0 Å². The minimum Gasteiger partial charge on any atom is -0.476 e. The Morgan fingerprint density at radius 2 is 1.71 bits per heavy atom. The molecule has 0 atom stereocenters. The molecular weight excluding hydrogens is 490 g/mol. The number of anilines is 1. The fourth-order valence-corrected chi connectivity index (χ4v) is 4.60. The van der Waals surface area contributed by atoms with Gasteiger partial charge < -0.3 is 20.5 Å². The lowest BCUT2D eigenvalue weighted by Gasteiger charge is -2.34. The van der Waals surface area contributed by atoms with Crippen molar-refractivity contribution in [2.45, 2.75) is 38.5 Å².